The molecule has 1 unspecified atom stereocenters. The first-order chi connectivity index (χ1) is 14.5. The first-order valence-electron chi connectivity index (χ1n) is 9.42. The summed E-state index contributed by atoms with van der Waals surface area (Å²) in [5, 5.41) is 11.6. The number of aliphatic hydroxyl groups excluding tert-OH is 1. The minimum Gasteiger partial charge on any atom is -0.503 e. The largest absolute Gasteiger partial charge is 0.503 e. The van der Waals surface area contributed by atoms with Crippen molar-refractivity contribution in [3.05, 3.63) is 70.4 Å². The normalized spacial score (nSPS) is 16.6. The van der Waals surface area contributed by atoms with Gasteiger partial charge < -0.3 is 19.2 Å². The molecule has 8 heteroatoms. The summed E-state index contributed by atoms with van der Waals surface area (Å²) in [6, 6.07) is 7.49. The lowest BCUT2D eigenvalue weighted by atomic mass is 9.96. The smallest absolute Gasteiger partial charge is 0.290 e. The van der Waals surface area contributed by atoms with Crippen LogP contribution in [0.4, 0.5) is 0 Å². The number of carbonyl (C=O) groups excluding carboxylic acids is 2. The summed E-state index contributed by atoms with van der Waals surface area (Å²) >= 11 is 6.10. The molecule has 7 nitrogen and oxygen atoms in total. The van der Waals surface area contributed by atoms with E-state index in [9.17, 15) is 14.7 Å². The van der Waals surface area contributed by atoms with E-state index in [0.29, 0.717) is 40.3 Å². The Labute approximate surface area is 177 Å². The highest BCUT2D eigenvalue weighted by molar-refractivity contribution is 6.31. The van der Waals surface area contributed by atoms with E-state index in [1.165, 1.54) is 18.1 Å². The molecule has 0 spiro atoms. The molecule has 0 aliphatic carbocycles. The molecule has 1 aliphatic rings. The van der Waals surface area contributed by atoms with E-state index in [0.717, 1.165) is 0 Å². The Bertz CT molecular complexity index is 1170. The van der Waals surface area contributed by atoms with Crippen LogP contribution < -0.4 is 4.74 Å². The van der Waals surface area contributed by atoms with Gasteiger partial charge in [0.2, 0.25) is 5.78 Å². The van der Waals surface area contributed by atoms with Crippen LogP contribution in [-0.2, 0) is 4.79 Å². The molecule has 1 N–H and O–H groups in total. The van der Waals surface area contributed by atoms with Crippen molar-refractivity contribution < 1.29 is 23.8 Å². The minimum absolute atomic E-state index is 0.0212. The van der Waals surface area contributed by atoms with E-state index < -0.39 is 23.5 Å². The molecule has 0 saturated heterocycles. The van der Waals surface area contributed by atoms with Crippen molar-refractivity contribution in [1.82, 2.24) is 9.88 Å². The molecule has 0 saturated carbocycles. The Hall–Kier alpha value is -3.32. The van der Waals surface area contributed by atoms with Crippen molar-refractivity contribution in [2.45, 2.75) is 19.4 Å². The second kappa shape index (κ2) is 7.84. The molecule has 1 aliphatic heterocycles. The second-order valence-corrected chi connectivity index (χ2v) is 7.35. The number of aromatic nitrogens is 1. The number of nitrogens with zero attached hydrogens (tertiary/aromatic N) is 2. The van der Waals surface area contributed by atoms with Crippen LogP contribution in [0.25, 0.3) is 11.0 Å². The molecule has 1 aromatic carbocycles. The van der Waals surface area contributed by atoms with Gasteiger partial charge in [0, 0.05) is 35.4 Å². The first-order valence-corrected chi connectivity index (χ1v) is 9.79. The van der Waals surface area contributed by atoms with Gasteiger partial charge in [0.05, 0.1) is 18.7 Å². The second-order valence-electron chi connectivity index (χ2n) is 6.92. The van der Waals surface area contributed by atoms with Crippen LogP contribution in [0.3, 0.4) is 0 Å². The highest BCUT2D eigenvalue weighted by Gasteiger charge is 2.44. The maximum absolute atomic E-state index is 13.4. The van der Waals surface area contributed by atoms with E-state index in [2.05, 4.69) is 4.98 Å². The van der Waals surface area contributed by atoms with Crippen molar-refractivity contribution >= 4 is 34.3 Å². The van der Waals surface area contributed by atoms with Gasteiger partial charge in [-0.15, -0.1) is 0 Å². The molecular formula is C22H19ClN2O5. The number of aliphatic hydroxyl groups is 1. The molecule has 3 heterocycles. The topological polar surface area (TPSA) is 92.9 Å². The van der Waals surface area contributed by atoms with Gasteiger partial charge >= 0.3 is 0 Å². The number of methoxy groups -OCH3 is 1. The summed E-state index contributed by atoms with van der Waals surface area (Å²) in [4.78, 5) is 31.7. The number of amides is 1. The van der Waals surface area contributed by atoms with E-state index in [1.807, 2.05) is 6.92 Å². The van der Waals surface area contributed by atoms with Gasteiger partial charge in [-0.1, -0.05) is 24.6 Å². The summed E-state index contributed by atoms with van der Waals surface area (Å²) in [5.74, 6) is -1.39. The zero-order chi connectivity index (χ0) is 21.4. The number of carbonyl (C=O) groups is 2. The Morgan fingerprint density at radius 2 is 2.17 bits per heavy atom. The molecule has 0 radical (unpaired) electrons. The fourth-order valence-electron chi connectivity index (χ4n) is 3.72. The monoisotopic (exact) mass is 426 g/mol. The van der Waals surface area contributed by atoms with Gasteiger partial charge in [-0.05, 0) is 30.2 Å². The zero-order valence-corrected chi connectivity index (χ0v) is 17.1. The molecule has 1 amide bonds. The highest BCUT2D eigenvalue weighted by atomic mass is 35.5. The Morgan fingerprint density at radius 1 is 1.37 bits per heavy atom. The maximum Gasteiger partial charge on any atom is 0.290 e. The molecule has 1 atom stereocenters. The number of ether oxygens (including phenoxy) is 1. The number of halogens is 1. The Kier molecular flexibility index (Phi) is 5.22. The van der Waals surface area contributed by atoms with Gasteiger partial charge in [-0.25, -0.2) is 0 Å². The van der Waals surface area contributed by atoms with Crippen LogP contribution in [0.5, 0.6) is 5.75 Å². The third-order valence-electron chi connectivity index (χ3n) is 5.00. The SMILES string of the molecule is CCCN1C(=O)C(O)=C(C(=O)c2cc3cc(Cl)cc(OC)c3o2)C1c1cccnc1. The van der Waals surface area contributed by atoms with Crippen LogP contribution in [0.15, 0.2) is 58.5 Å². The van der Waals surface area contributed by atoms with Crippen LogP contribution in [0.1, 0.15) is 35.5 Å². The molecule has 0 bridgehead atoms. The summed E-state index contributed by atoms with van der Waals surface area (Å²) in [5.41, 5.74) is 0.951. The lowest BCUT2D eigenvalue weighted by Crippen LogP contribution is -2.31. The van der Waals surface area contributed by atoms with Crippen molar-refractivity contribution in [2.24, 2.45) is 0 Å². The quantitative estimate of drug-likeness (QED) is 0.584. The van der Waals surface area contributed by atoms with E-state index >= 15 is 0 Å². The maximum atomic E-state index is 13.4. The third-order valence-corrected chi connectivity index (χ3v) is 5.22. The van der Waals surface area contributed by atoms with Crippen molar-refractivity contribution in [2.75, 3.05) is 13.7 Å². The van der Waals surface area contributed by atoms with Crippen molar-refractivity contribution in [3.8, 4) is 5.75 Å². The molecular weight excluding hydrogens is 408 g/mol. The van der Waals surface area contributed by atoms with Crippen LogP contribution >= 0.6 is 11.6 Å². The van der Waals surface area contributed by atoms with Gasteiger partial charge in [0.1, 0.15) is 0 Å². The molecule has 154 valence electrons. The molecule has 4 rings (SSSR count). The lowest BCUT2D eigenvalue weighted by molar-refractivity contribution is -0.129. The molecule has 0 fully saturated rings. The Balaban J connectivity index is 1.83. The van der Waals surface area contributed by atoms with Crippen LogP contribution in [0, 0.1) is 0 Å². The van der Waals surface area contributed by atoms with Crippen LogP contribution in [0.2, 0.25) is 5.02 Å². The van der Waals surface area contributed by atoms with Crippen molar-refractivity contribution in [1.29, 1.82) is 0 Å². The zero-order valence-electron chi connectivity index (χ0n) is 16.4. The average molecular weight is 427 g/mol. The van der Waals surface area contributed by atoms with E-state index in [4.69, 9.17) is 20.8 Å². The molecule has 30 heavy (non-hydrogen) atoms. The number of pyridine rings is 1. The van der Waals surface area contributed by atoms with Gasteiger partial charge in [-0.3, -0.25) is 14.6 Å². The number of furan rings is 1. The summed E-state index contributed by atoms with van der Waals surface area (Å²) < 4.78 is 11.0. The fraction of sp³-hybridized carbons (Fsp3) is 0.227. The average Bonchev–Trinajstić information content (AvgIpc) is 3.28. The number of rotatable bonds is 6. The van der Waals surface area contributed by atoms with Gasteiger partial charge in [-0.2, -0.15) is 0 Å². The Morgan fingerprint density at radius 3 is 2.83 bits per heavy atom. The number of fused-ring (bicyclic) bond motifs is 1. The number of hydrogen-bond donors (Lipinski definition) is 1. The summed E-state index contributed by atoms with van der Waals surface area (Å²) in [6.07, 6.45) is 3.84. The number of benzene rings is 1. The van der Waals surface area contributed by atoms with E-state index in [1.54, 1.807) is 36.7 Å². The van der Waals surface area contributed by atoms with E-state index in [-0.39, 0.29) is 11.3 Å². The van der Waals surface area contributed by atoms with Gasteiger partial charge in [0.25, 0.3) is 5.91 Å². The summed E-state index contributed by atoms with van der Waals surface area (Å²) in [7, 11) is 1.47. The van der Waals surface area contributed by atoms with Gasteiger partial charge in [0.15, 0.2) is 22.9 Å². The highest BCUT2D eigenvalue weighted by Crippen LogP contribution is 2.40. The number of Topliss-reactive ketones (excluding diaryl/α,β-unsaturated/α-hetero) is 1. The first kappa shape index (κ1) is 20.0. The minimum atomic E-state index is -0.752. The summed E-state index contributed by atoms with van der Waals surface area (Å²) in [6.45, 7) is 2.29. The standard InChI is InChI=1S/C22H19ClN2O5/c1-3-7-25-18(12-5-4-6-24-11-12)17(20(27)22(25)28)19(26)15-9-13-8-14(23)10-16(29-2)21(13)30-15/h4-6,8-11,18,27H,3,7H2,1-2H3. The van der Waals surface area contributed by atoms with Crippen molar-refractivity contribution in [3.63, 3.8) is 0 Å². The molecule has 2 aromatic heterocycles. The predicted octanol–water partition coefficient (Wildman–Crippen LogP) is 4.48. The predicted molar refractivity (Wildman–Crippen MR) is 111 cm³/mol. The lowest BCUT2D eigenvalue weighted by Gasteiger charge is -2.25. The third kappa shape index (κ3) is 3.21. The fourth-order valence-corrected chi connectivity index (χ4v) is 3.94. The molecule has 3 aromatic rings. The number of hydrogen-bond acceptors (Lipinski definition) is 6. The van der Waals surface area contributed by atoms with Crippen LogP contribution in [-0.4, -0.2) is 40.3 Å². The number of ketones is 1.